The summed E-state index contributed by atoms with van der Waals surface area (Å²) in [7, 11) is 0. The molecule has 0 aliphatic rings. The minimum atomic E-state index is -1.36. The molecule has 0 radical (unpaired) electrons. The van der Waals surface area contributed by atoms with Gasteiger partial charge in [0.05, 0.1) is 11.3 Å². The zero-order valence-electron chi connectivity index (χ0n) is 10.6. The highest BCUT2D eigenvalue weighted by Crippen LogP contribution is 2.18. The number of hydrogen-bond acceptors (Lipinski definition) is 2. The molecule has 0 aliphatic carbocycles. The number of halogens is 2. The number of nitrogens with one attached hydrogen (secondary N) is 2. The molecule has 5 nitrogen and oxygen atoms in total. The lowest BCUT2D eigenvalue weighted by atomic mass is 10.2. The van der Waals surface area contributed by atoms with Crippen LogP contribution in [0.25, 0.3) is 0 Å². The van der Waals surface area contributed by atoms with Gasteiger partial charge in [-0.3, -0.25) is 0 Å². The normalized spacial score (nSPS) is 10.0. The average Bonchev–Trinajstić information content (AvgIpc) is 2.41. The number of amides is 2. The zero-order chi connectivity index (χ0) is 15.4. The SMILES string of the molecule is O=C(Nc1ccc(C(=O)O)c(F)c1)Nc1ccccc1I. The van der Waals surface area contributed by atoms with E-state index in [2.05, 4.69) is 33.2 Å². The van der Waals surface area contributed by atoms with Crippen LogP contribution < -0.4 is 10.6 Å². The van der Waals surface area contributed by atoms with Crippen LogP contribution in [0.2, 0.25) is 0 Å². The van der Waals surface area contributed by atoms with Crippen molar-refractivity contribution < 1.29 is 19.1 Å². The molecule has 2 amide bonds. The molecule has 0 saturated heterocycles. The van der Waals surface area contributed by atoms with Crippen molar-refractivity contribution >= 4 is 46.0 Å². The summed E-state index contributed by atoms with van der Waals surface area (Å²) in [6, 6.07) is 10.0. The van der Waals surface area contributed by atoms with E-state index in [1.807, 2.05) is 12.1 Å². The highest BCUT2D eigenvalue weighted by Gasteiger charge is 2.12. The molecule has 0 aromatic heterocycles. The number of carboxylic acid groups (broad SMARTS) is 1. The van der Waals surface area contributed by atoms with E-state index >= 15 is 0 Å². The van der Waals surface area contributed by atoms with Crippen LogP contribution in [-0.2, 0) is 0 Å². The van der Waals surface area contributed by atoms with Gasteiger partial charge in [-0.1, -0.05) is 12.1 Å². The number of rotatable bonds is 3. The van der Waals surface area contributed by atoms with Gasteiger partial charge in [0.15, 0.2) is 0 Å². The van der Waals surface area contributed by atoms with E-state index in [4.69, 9.17) is 5.11 Å². The van der Waals surface area contributed by atoms with Gasteiger partial charge in [0.25, 0.3) is 0 Å². The zero-order valence-corrected chi connectivity index (χ0v) is 12.7. The maximum atomic E-state index is 13.5. The number of aromatic carboxylic acids is 1. The third kappa shape index (κ3) is 3.91. The second kappa shape index (κ2) is 6.53. The van der Waals surface area contributed by atoms with E-state index in [0.717, 1.165) is 15.7 Å². The van der Waals surface area contributed by atoms with Gasteiger partial charge < -0.3 is 15.7 Å². The van der Waals surface area contributed by atoms with Crippen LogP contribution in [0.15, 0.2) is 42.5 Å². The molecule has 0 fully saturated rings. The molecule has 108 valence electrons. The summed E-state index contributed by atoms with van der Waals surface area (Å²) in [6.07, 6.45) is 0. The maximum absolute atomic E-state index is 13.5. The Bertz CT molecular complexity index is 706. The first kappa shape index (κ1) is 15.2. The standard InChI is InChI=1S/C14H10FIN2O3/c15-10-7-8(5-6-9(10)13(19)20)17-14(21)18-12-4-2-1-3-11(12)16/h1-7H,(H,19,20)(H2,17,18,21). The summed E-state index contributed by atoms with van der Waals surface area (Å²) >= 11 is 2.07. The second-order valence-electron chi connectivity index (χ2n) is 4.06. The lowest BCUT2D eigenvalue weighted by Crippen LogP contribution is -2.20. The van der Waals surface area contributed by atoms with Gasteiger partial charge >= 0.3 is 12.0 Å². The number of carboxylic acids is 1. The van der Waals surface area contributed by atoms with E-state index in [-0.39, 0.29) is 5.69 Å². The molecule has 7 heteroatoms. The molecule has 0 atom stereocenters. The lowest BCUT2D eigenvalue weighted by Gasteiger charge is -2.09. The van der Waals surface area contributed by atoms with Gasteiger partial charge in [0.2, 0.25) is 0 Å². The van der Waals surface area contributed by atoms with Crippen molar-refractivity contribution in [1.82, 2.24) is 0 Å². The summed E-state index contributed by atoms with van der Waals surface area (Å²) in [5.74, 6) is -2.27. The highest BCUT2D eigenvalue weighted by molar-refractivity contribution is 14.1. The van der Waals surface area contributed by atoms with Crippen LogP contribution in [0.4, 0.5) is 20.6 Å². The fraction of sp³-hybridized carbons (Fsp3) is 0. The van der Waals surface area contributed by atoms with Gasteiger partial charge in [-0.25, -0.2) is 14.0 Å². The molecule has 2 aromatic rings. The molecule has 0 aliphatic heterocycles. The third-order valence-electron chi connectivity index (χ3n) is 2.58. The minimum absolute atomic E-state index is 0.168. The summed E-state index contributed by atoms with van der Waals surface area (Å²) in [6.45, 7) is 0. The van der Waals surface area contributed by atoms with Crippen molar-refractivity contribution in [3.05, 3.63) is 57.4 Å². The Labute approximate surface area is 133 Å². The van der Waals surface area contributed by atoms with Crippen molar-refractivity contribution in [3.8, 4) is 0 Å². The first-order valence-electron chi connectivity index (χ1n) is 5.83. The van der Waals surface area contributed by atoms with Crippen LogP contribution in [-0.4, -0.2) is 17.1 Å². The monoisotopic (exact) mass is 400 g/mol. The Morgan fingerprint density at radius 3 is 2.43 bits per heavy atom. The molecule has 3 N–H and O–H groups in total. The van der Waals surface area contributed by atoms with E-state index < -0.39 is 23.4 Å². The smallest absolute Gasteiger partial charge is 0.338 e. The Hall–Kier alpha value is -2.16. The quantitative estimate of drug-likeness (QED) is 0.687. The van der Waals surface area contributed by atoms with Crippen molar-refractivity contribution in [1.29, 1.82) is 0 Å². The van der Waals surface area contributed by atoms with E-state index in [9.17, 15) is 14.0 Å². The highest BCUT2D eigenvalue weighted by atomic mass is 127. The van der Waals surface area contributed by atoms with Crippen LogP contribution >= 0.6 is 22.6 Å². The average molecular weight is 400 g/mol. The van der Waals surface area contributed by atoms with Crippen molar-refractivity contribution in [3.63, 3.8) is 0 Å². The van der Waals surface area contributed by atoms with Crippen LogP contribution in [0.5, 0.6) is 0 Å². The van der Waals surface area contributed by atoms with E-state index in [1.54, 1.807) is 12.1 Å². The molecule has 21 heavy (non-hydrogen) atoms. The van der Waals surface area contributed by atoms with E-state index in [1.165, 1.54) is 6.07 Å². The number of carbonyl (C=O) groups excluding carboxylic acids is 1. The topological polar surface area (TPSA) is 78.4 Å². The summed E-state index contributed by atoms with van der Waals surface area (Å²) in [5.41, 5.74) is 0.345. The summed E-state index contributed by atoms with van der Waals surface area (Å²) < 4.78 is 14.3. The number of urea groups is 1. The predicted molar refractivity (Wildman–Crippen MR) is 85.2 cm³/mol. The summed E-state index contributed by atoms with van der Waals surface area (Å²) in [5, 5.41) is 13.8. The maximum Gasteiger partial charge on any atom is 0.338 e. The van der Waals surface area contributed by atoms with Gasteiger partial charge in [-0.05, 0) is 52.9 Å². The second-order valence-corrected chi connectivity index (χ2v) is 5.22. The van der Waals surface area contributed by atoms with Crippen LogP contribution in [0.1, 0.15) is 10.4 Å². The van der Waals surface area contributed by atoms with Gasteiger partial charge in [0.1, 0.15) is 5.82 Å². The van der Waals surface area contributed by atoms with E-state index in [0.29, 0.717) is 5.69 Å². The third-order valence-corrected chi connectivity index (χ3v) is 3.52. The van der Waals surface area contributed by atoms with Crippen molar-refractivity contribution in [2.75, 3.05) is 10.6 Å². The van der Waals surface area contributed by atoms with Crippen LogP contribution in [0.3, 0.4) is 0 Å². The Morgan fingerprint density at radius 2 is 1.81 bits per heavy atom. The molecule has 2 rings (SSSR count). The fourth-order valence-electron chi connectivity index (χ4n) is 1.61. The Morgan fingerprint density at radius 1 is 1.10 bits per heavy atom. The number of hydrogen-bond donors (Lipinski definition) is 3. The largest absolute Gasteiger partial charge is 0.478 e. The number of carbonyl (C=O) groups is 2. The molecule has 0 saturated carbocycles. The fourth-order valence-corrected chi connectivity index (χ4v) is 2.14. The minimum Gasteiger partial charge on any atom is -0.478 e. The molecular formula is C14H10FIN2O3. The Balaban J connectivity index is 2.08. The van der Waals surface area contributed by atoms with Gasteiger partial charge in [-0.15, -0.1) is 0 Å². The number of para-hydroxylation sites is 1. The molecule has 0 bridgehead atoms. The number of anilines is 2. The number of benzene rings is 2. The van der Waals surface area contributed by atoms with Crippen molar-refractivity contribution in [2.24, 2.45) is 0 Å². The Kier molecular flexibility index (Phi) is 4.73. The van der Waals surface area contributed by atoms with Gasteiger partial charge in [-0.2, -0.15) is 0 Å². The molecule has 2 aromatic carbocycles. The van der Waals surface area contributed by atoms with Crippen molar-refractivity contribution in [2.45, 2.75) is 0 Å². The lowest BCUT2D eigenvalue weighted by molar-refractivity contribution is 0.0692. The first-order valence-corrected chi connectivity index (χ1v) is 6.90. The first-order chi connectivity index (χ1) is 9.97. The molecule has 0 unspecified atom stereocenters. The molecule has 0 heterocycles. The summed E-state index contributed by atoms with van der Waals surface area (Å²) in [4.78, 5) is 22.5. The van der Waals surface area contributed by atoms with Gasteiger partial charge in [0, 0.05) is 9.26 Å². The molecular weight excluding hydrogens is 390 g/mol. The van der Waals surface area contributed by atoms with Crippen LogP contribution in [0, 0.1) is 9.39 Å². The predicted octanol–water partition coefficient (Wildman–Crippen LogP) is 3.77. The molecule has 0 spiro atoms.